The van der Waals surface area contributed by atoms with Crippen molar-refractivity contribution < 1.29 is 24.5 Å². The summed E-state index contributed by atoms with van der Waals surface area (Å²) in [5, 5.41) is 3.17. The van der Waals surface area contributed by atoms with Crippen LogP contribution in [0.25, 0.3) is 66.7 Å². The Morgan fingerprint density at radius 3 is 2.00 bits per heavy atom. The molecule has 0 aliphatic heterocycles. The third-order valence-electron chi connectivity index (χ3n) is 8.16. The van der Waals surface area contributed by atoms with Crippen LogP contribution in [0.2, 0.25) is 0 Å². The van der Waals surface area contributed by atoms with Crippen molar-refractivity contribution in [1.82, 2.24) is 24.9 Å². The van der Waals surface area contributed by atoms with Gasteiger partial charge in [-0.2, -0.15) is 0 Å². The summed E-state index contributed by atoms with van der Waals surface area (Å²) < 4.78 is 6.34. The van der Waals surface area contributed by atoms with Crippen LogP contribution in [0, 0.1) is 12.1 Å². The van der Waals surface area contributed by atoms with E-state index in [4.69, 9.17) is 24.4 Å². The summed E-state index contributed by atoms with van der Waals surface area (Å²) >= 11 is 0. The fourth-order valence-corrected chi connectivity index (χ4v) is 5.47. The SMILES string of the molecule is CC(C)(C)c1nc(-c2ccc3c(c2)oc2cc(-c4ccc5ccccc5n4)[c-]cc23)nc(C(C)(C)C)n1.[Ir].[c-]1ccccc1-c1ccccn1. The van der Waals surface area contributed by atoms with Gasteiger partial charge in [0.1, 0.15) is 17.2 Å². The zero-order valence-corrected chi connectivity index (χ0v) is 31.3. The van der Waals surface area contributed by atoms with Gasteiger partial charge in [0, 0.05) is 42.7 Å². The fourth-order valence-electron chi connectivity index (χ4n) is 5.47. The molecular formula is C43H37IrN5O-2. The van der Waals surface area contributed by atoms with E-state index in [-0.39, 0.29) is 30.9 Å². The van der Waals surface area contributed by atoms with E-state index in [0.717, 1.165) is 72.6 Å². The van der Waals surface area contributed by atoms with Crippen molar-refractivity contribution in [3.8, 4) is 33.9 Å². The van der Waals surface area contributed by atoms with E-state index in [9.17, 15) is 0 Å². The number of fused-ring (bicyclic) bond motifs is 4. The van der Waals surface area contributed by atoms with Crippen LogP contribution in [0.15, 0.2) is 120 Å². The van der Waals surface area contributed by atoms with E-state index in [0.29, 0.717) is 5.82 Å². The first-order valence-electron chi connectivity index (χ1n) is 16.4. The standard InChI is InChI=1S/C32H29N4O.C11H8N.Ir/c1-31(2,3)29-34-28(35-30(36-29)32(4,5)6)21-12-15-23-22-14-11-20(17-26(22)37-27(23)18-21)25-16-13-19-9-7-8-10-24(19)33-25;1-2-6-10(7-3-1)11-8-4-5-9-12-11;/h7-10,12-18H,1-6H3;1-6,8-9H;/q2*-1;. The largest absolute Gasteiger partial charge is 0.476 e. The number of furan rings is 1. The molecule has 7 heteroatoms. The van der Waals surface area contributed by atoms with E-state index in [1.54, 1.807) is 6.20 Å². The number of benzene rings is 4. The van der Waals surface area contributed by atoms with Gasteiger partial charge in [0.15, 0.2) is 5.82 Å². The molecule has 4 aromatic heterocycles. The fraction of sp³-hybridized carbons (Fsp3) is 0.186. The van der Waals surface area contributed by atoms with Crippen molar-refractivity contribution in [2.75, 3.05) is 0 Å². The smallest absolute Gasteiger partial charge is 0.163 e. The van der Waals surface area contributed by atoms with Crippen LogP contribution in [0.5, 0.6) is 0 Å². The molecule has 0 spiro atoms. The van der Waals surface area contributed by atoms with Gasteiger partial charge in [-0.25, -0.2) is 15.0 Å². The second-order valence-electron chi connectivity index (χ2n) is 14.1. The van der Waals surface area contributed by atoms with E-state index < -0.39 is 0 Å². The number of pyridine rings is 2. The molecule has 4 heterocycles. The molecule has 1 radical (unpaired) electrons. The van der Waals surface area contributed by atoms with Crippen LogP contribution in [-0.4, -0.2) is 24.9 Å². The number of hydrogen-bond donors (Lipinski definition) is 0. The van der Waals surface area contributed by atoms with Crippen molar-refractivity contribution in [3.63, 3.8) is 0 Å². The molecule has 0 amide bonds. The molecule has 4 aromatic carbocycles. The summed E-state index contributed by atoms with van der Waals surface area (Å²) in [4.78, 5) is 23.5. The summed E-state index contributed by atoms with van der Waals surface area (Å²) in [6, 6.07) is 42.6. The Morgan fingerprint density at radius 2 is 1.30 bits per heavy atom. The van der Waals surface area contributed by atoms with Gasteiger partial charge in [0.2, 0.25) is 0 Å². The van der Waals surface area contributed by atoms with Gasteiger partial charge in [0.25, 0.3) is 0 Å². The van der Waals surface area contributed by atoms with Crippen molar-refractivity contribution in [3.05, 3.63) is 139 Å². The maximum absolute atomic E-state index is 6.34. The zero-order valence-electron chi connectivity index (χ0n) is 28.9. The van der Waals surface area contributed by atoms with Crippen molar-refractivity contribution >= 4 is 32.8 Å². The second-order valence-corrected chi connectivity index (χ2v) is 14.1. The summed E-state index contributed by atoms with van der Waals surface area (Å²) in [7, 11) is 0. The van der Waals surface area contributed by atoms with Gasteiger partial charge in [0.05, 0.1) is 11.1 Å². The molecule has 0 saturated carbocycles. The third kappa shape index (κ3) is 7.40. The Labute approximate surface area is 306 Å². The molecule has 0 bridgehead atoms. The molecule has 0 unspecified atom stereocenters. The van der Waals surface area contributed by atoms with Gasteiger partial charge in [-0.3, -0.25) is 4.98 Å². The Kier molecular flexibility index (Phi) is 9.75. The average molecular weight is 832 g/mol. The van der Waals surface area contributed by atoms with Gasteiger partial charge in [-0.05, 0) is 40.4 Å². The number of para-hydroxylation sites is 1. The van der Waals surface area contributed by atoms with Gasteiger partial charge in [-0.1, -0.05) is 108 Å². The van der Waals surface area contributed by atoms with Crippen LogP contribution in [0.3, 0.4) is 0 Å². The molecule has 8 rings (SSSR count). The van der Waals surface area contributed by atoms with Gasteiger partial charge < -0.3 is 9.40 Å². The minimum absolute atomic E-state index is 0. The molecular weight excluding hydrogens is 795 g/mol. The van der Waals surface area contributed by atoms with Crippen LogP contribution in [0.4, 0.5) is 0 Å². The Bertz CT molecular complexity index is 2340. The third-order valence-corrected chi connectivity index (χ3v) is 8.16. The summed E-state index contributed by atoms with van der Waals surface area (Å²) in [5.74, 6) is 2.24. The summed E-state index contributed by atoms with van der Waals surface area (Å²) in [5.41, 5.74) is 6.87. The minimum Gasteiger partial charge on any atom is -0.476 e. The van der Waals surface area contributed by atoms with Crippen LogP contribution >= 0.6 is 0 Å². The average Bonchev–Trinajstić information content (AvgIpc) is 3.49. The Morgan fingerprint density at radius 1 is 0.580 bits per heavy atom. The topological polar surface area (TPSA) is 77.6 Å². The maximum atomic E-state index is 6.34. The van der Waals surface area contributed by atoms with Gasteiger partial charge >= 0.3 is 0 Å². The molecule has 8 aromatic rings. The van der Waals surface area contributed by atoms with E-state index in [1.807, 2.05) is 84.9 Å². The van der Waals surface area contributed by atoms with Crippen LogP contribution in [0.1, 0.15) is 53.2 Å². The molecule has 6 nitrogen and oxygen atoms in total. The van der Waals surface area contributed by atoms with Crippen molar-refractivity contribution in [2.24, 2.45) is 0 Å². The Hall–Kier alpha value is -5.10. The number of aromatic nitrogens is 5. The summed E-state index contributed by atoms with van der Waals surface area (Å²) in [6.07, 6.45) is 1.79. The van der Waals surface area contributed by atoms with Crippen LogP contribution in [-0.2, 0) is 30.9 Å². The molecule has 0 fully saturated rings. The van der Waals surface area contributed by atoms with Crippen LogP contribution < -0.4 is 0 Å². The number of nitrogens with zero attached hydrogens (tertiary/aromatic N) is 5. The minimum atomic E-state index is -0.190. The molecule has 50 heavy (non-hydrogen) atoms. The molecule has 0 aliphatic rings. The quantitative estimate of drug-likeness (QED) is 0.165. The molecule has 0 atom stereocenters. The predicted molar refractivity (Wildman–Crippen MR) is 198 cm³/mol. The first-order valence-corrected chi connectivity index (χ1v) is 16.4. The predicted octanol–water partition coefficient (Wildman–Crippen LogP) is 10.6. The molecule has 251 valence electrons. The molecule has 0 saturated heterocycles. The second kappa shape index (κ2) is 14.0. The summed E-state index contributed by atoms with van der Waals surface area (Å²) in [6.45, 7) is 12.7. The van der Waals surface area contributed by atoms with E-state index in [2.05, 4.69) is 82.9 Å². The molecule has 0 N–H and O–H groups in total. The Balaban J connectivity index is 0.000000281. The van der Waals surface area contributed by atoms with Crippen molar-refractivity contribution in [2.45, 2.75) is 52.4 Å². The van der Waals surface area contributed by atoms with Gasteiger partial charge in [-0.15, -0.1) is 53.6 Å². The molecule has 0 aliphatic carbocycles. The zero-order chi connectivity index (χ0) is 34.2. The van der Waals surface area contributed by atoms with E-state index >= 15 is 0 Å². The first kappa shape index (κ1) is 34.8. The van der Waals surface area contributed by atoms with Crippen molar-refractivity contribution in [1.29, 1.82) is 0 Å². The first-order chi connectivity index (χ1) is 23.5. The monoisotopic (exact) mass is 832 g/mol. The number of hydrogen-bond acceptors (Lipinski definition) is 6. The number of rotatable bonds is 3. The maximum Gasteiger partial charge on any atom is 0.163 e. The normalized spacial score (nSPS) is 11.6. The van der Waals surface area contributed by atoms with E-state index in [1.165, 1.54) is 0 Å².